The number of para-hydroxylation sites is 1. The summed E-state index contributed by atoms with van der Waals surface area (Å²) in [6.45, 7) is 0.0416. The van der Waals surface area contributed by atoms with Crippen molar-refractivity contribution in [3.63, 3.8) is 0 Å². The quantitative estimate of drug-likeness (QED) is 0.849. The van der Waals surface area contributed by atoms with Gasteiger partial charge in [-0.05, 0) is 23.6 Å². The Labute approximate surface area is 122 Å². The maximum absolute atomic E-state index is 12.0. The van der Waals surface area contributed by atoms with E-state index >= 15 is 0 Å². The van der Waals surface area contributed by atoms with Gasteiger partial charge in [-0.3, -0.25) is 4.79 Å². The molecule has 2 N–H and O–H groups in total. The first kappa shape index (κ1) is 14.3. The minimum atomic E-state index is -0.0520. The van der Waals surface area contributed by atoms with Crippen LogP contribution in [0.5, 0.6) is 0 Å². The maximum atomic E-state index is 12.0. The number of carbonyl (C=O) groups excluding carboxylic acids is 1. The number of thiophene rings is 1. The lowest BCUT2D eigenvalue weighted by molar-refractivity contribution is -0.115. The van der Waals surface area contributed by atoms with E-state index in [0.717, 1.165) is 10.4 Å². The van der Waals surface area contributed by atoms with Crippen LogP contribution >= 0.6 is 11.3 Å². The number of benzene rings is 1. The molecule has 3 nitrogen and oxygen atoms in total. The van der Waals surface area contributed by atoms with Gasteiger partial charge in [0.25, 0.3) is 0 Å². The van der Waals surface area contributed by atoms with Gasteiger partial charge >= 0.3 is 0 Å². The molecule has 0 fully saturated rings. The number of aliphatic hydroxyl groups is 1. The summed E-state index contributed by atoms with van der Waals surface area (Å²) in [4.78, 5) is 13.0. The van der Waals surface area contributed by atoms with E-state index < -0.39 is 0 Å². The largest absolute Gasteiger partial charge is 0.395 e. The van der Waals surface area contributed by atoms with Crippen molar-refractivity contribution < 1.29 is 9.90 Å². The summed E-state index contributed by atoms with van der Waals surface area (Å²) >= 11 is 1.57. The van der Waals surface area contributed by atoms with Gasteiger partial charge in [-0.2, -0.15) is 0 Å². The smallest absolute Gasteiger partial charge is 0.229 e. The predicted octanol–water partition coefficient (Wildman–Crippen LogP) is 2.66. The van der Waals surface area contributed by atoms with Gasteiger partial charge in [0.2, 0.25) is 5.91 Å². The molecule has 102 valence electrons. The van der Waals surface area contributed by atoms with Crippen molar-refractivity contribution in [2.45, 2.75) is 12.8 Å². The molecule has 2 aromatic rings. The van der Waals surface area contributed by atoms with Crippen molar-refractivity contribution >= 4 is 22.9 Å². The van der Waals surface area contributed by atoms with Crippen molar-refractivity contribution in [2.75, 3.05) is 11.9 Å². The monoisotopic (exact) mass is 285 g/mol. The average Bonchev–Trinajstić information content (AvgIpc) is 2.93. The number of hydrogen-bond acceptors (Lipinski definition) is 3. The molecule has 0 atom stereocenters. The summed E-state index contributed by atoms with van der Waals surface area (Å²) in [5, 5.41) is 13.6. The first-order chi connectivity index (χ1) is 9.79. The molecule has 0 unspecified atom stereocenters. The maximum Gasteiger partial charge on any atom is 0.229 e. The molecule has 1 amide bonds. The van der Waals surface area contributed by atoms with Gasteiger partial charge in [-0.25, -0.2) is 0 Å². The van der Waals surface area contributed by atoms with Crippen LogP contribution in [0.3, 0.4) is 0 Å². The van der Waals surface area contributed by atoms with E-state index in [0.29, 0.717) is 18.5 Å². The Morgan fingerprint density at radius 1 is 1.25 bits per heavy atom. The minimum absolute atomic E-state index is 0.0416. The van der Waals surface area contributed by atoms with Gasteiger partial charge < -0.3 is 10.4 Å². The molecule has 0 radical (unpaired) electrons. The summed E-state index contributed by atoms with van der Waals surface area (Å²) < 4.78 is 0. The Balaban J connectivity index is 2.05. The first-order valence-electron chi connectivity index (χ1n) is 6.30. The molecule has 1 heterocycles. The molecule has 1 aromatic heterocycles. The Bertz CT molecular complexity index is 623. The fourth-order valence-electron chi connectivity index (χ4n) is 1.68. The van der Waals surface area contributed by atoms with Gasteiger partial charge in [0.1, 0.15) is 0 Å². The molecule has 0 spiro atoms. The van der Waals surface area contributed by atoms with Crippen LogP contribution in [0.2, 0.25) is 0 Å². The minimum Gasteiger partial charge on any atom is -0.395 e. The van der Waals surface area contributed by atoms with E-state index in [-0.39, 0.29) is 12.5 Å². The molecule has 0 saturated heterocycles. The fourth-order valence-corrected chi connectivity index (χ4v) is 2.38. The van der Waals surface area contributed by atoms with Crippen LogP contribution in [0.15, 0.2) is 41.8 Å². The number of aliphatic hydroxyl groups excluding tert-OH is 1. The second-order valence-corrected chi connectivity index (χ2v) is 5.16. The number of nitrogens with one attached hydrogen (secondary N) is 1. The molecule has 1 aromatic carbocycles. The molecule has 0 bridgehead atoms. The van der Waals surface area contributed by atoms with E-state index in [1.54, 1.807) is 11.3 Å². The number of amides is 1. The van der Waals surface area contributed by atoms with Crippen molar-refractivity contribution in [3.05, 3.63) is 52.2 Å². The Hall–Kier alpha value is -2.09. The highest BCUT2D eigenvalue weighted by atomic mass is 32.1. The normalized spacial score (nSPS) is 9.65. The zero-order valence-electron chi connectivity index (χ0n) is 10.9. The molecule has 0 saturated carbocycles. The number of carbonyl (C=O) groups is 1. The Kier molecular flexibility index (Phi) is 5.36. The zero-order chi connectivity index (χ0) is 14.2. The highest BCUT2D eigenvalue weighted by Gasteiger charge is 2.06. The zero-order valence-corrected chi connectivity index (χ0v) is 11.7. The molecule has 20 heavy (non-hydrogen) atoms. The SMILES string of the molecule is O=C(Cc1cccs1)Nc1ccccc1C#CCCO. The summed E-state index contributed by atoms with van der Waals surface area (Å²) in [6.07, 6.45) is 0.799. The lowest BCUT2D eigenvalue weighted by Crippen LogP contribution is -2.14. The highest BCUT2D eigenvalue weighted by Crippen LogP contribution is 2.15. The van der Waals surface area contributed by atoms with Crippen LogP contribution in [0.1, 0.15) is 16.9 Å². The summed E-state index contributed by atoms with van der Waals surface area (Å²) in [5.74, 6) is 5.77. The Morgan fingerprint density at radius 2 is 2.10 bits per heavy atom. The molecule has 2 rings (SSSR count). The van der Waals surface area contributed by atoms with E-state index in [4.69, 9.17) is 5.11 Å². The summed E-state index contributed by atoms with van der Waals surface area (Å²) in [6, 6.07) is 11.3. The molecule has 0 aliphatic rings. The second-order valence-electron chi connectivity index (χ2n) is 4.13. The van der Waals surface area contributed by atoms with Gasteiger partial charge in [0.15, 0.2) is 0 Å². The van der Waals surface area contributed by atoms with Gasteiger partial charge in [0, 0.05) is 16.9 Å². The van der Waals surface area contributed by atoms with Crippen LogP contribution in [0, 0.1) is 11.8 Å². The lowest BCUT2D eigenvalue weighted by Gasteiger charge is -2.06. The van der Waals surface area contributed by atoms with E-state index in [9.17, 15) is 4.79 Å². The number of hydrogen-bond donors (Lipinski definition) is 2. The van der Waals surface area contributed by atoms with Crippen LogP contribution in [-0.4, -0.2) is 17.6 Å². The lowest BCUT2D eigenvalue weighted by atomic mass is 10.1. The molecular formula is C16H15NO2S. The van der Waals surface area contributed by atoms with Crippen LogP contribution in [0.25, 0.3) is 0 Å². The van der Waals surface area contributed by atoms with Crippen LogP contribution < -0.4 is 5.32 Å². The molecule has 0 aliphatic heterocycles. The van der Waals surface area contributed by atoms with Crippen molar-refractivity contribution in [2.24, 2.45) is 0 Å². The van der Waals surface area contributed by atoms with Crippen molar-refractivity contribution in [1.29, 1.82) is 0 Å². The van der Waals surface area contributed by atoms with E-state index in [1.807, 2.05) is 41.8 Å². The van der Waals surface area contributed by atoms with Crippen molar-refractivity contribution in [3.8, 4) is 11.8 Å². The molecule has 4 heteroatoms. The number of anilines is 1. The standard InChI is InChI=1S/C16H15NO2S/c18-10-4-3-7-13-6-1-2-9-15(13)17-16(19)12-14-8-5-11-20-14/h1-2,5-6,8-9,11,18H,4,10,12H2,(H,17,19). The Morgan fingerprint density at radius 3 is 2.85 bits per heavy atom. The molecule has 0 aliphatic carbocycles. The first-order valence-corrected chi connectivity index (χ1v) is 7.18. The average molecular weight is 285 g/mol. The molecular weight excluding hydrogens is 270 g/mol. The van der Waals surface area contributed by atoms with Gasteiger partial charge in [-0.1, -0.05) is 30.0 Å². The fraction of sp³-hybridized carbons (Fsp3) is 0.188. The predicted molar refractivity (Wildman–Crippen MR) is 81.7 cm³/mol. The third-order valence-electron chi connectivity index (χ3n) is 2.58. The highest BCUT2D eigenvalue weighted by molar-refractivity contribution is 7.10. The van der Waals surface area contributed by atoms with Crippen molar-refractivity contribution in [1.82, 2.24) is 0 Å². The van der Waals surface area contributed by atoms with Gasteiger partial charge in [0.05, 0.1) is 18.7 Å². The van der Waals surface area contributed by atoms with Crippen LogP contribution in [-0.2, 0) is 11.2 Å². The van der Waals surface area contributed by atoms with E-state index in [2.05, 4.69) is 17.2 Å². The third-order valence-corrected chi connectivity index (χ3v) is 3.45. The third kappa shape index (κ3) is 4.23. The summed E-state index contributed by atoms with van der Waals surface area (Å²) in [7, 11) is 0. The summed E-state index contributed by atoms with van der Waals surface area (Å²) in [5.41, 5.74) is 1.47. The number of rotatable bonds is 4. The van der Waals surface area contributed by atoms with E-state index in [1.165, 1.54) is 0 Å². The topological polar surface area (TPSA) is 49.3 Å². The second kappa shape index (κ2) is 7.49. The van der Waals surface area contributed by atoms with Crippen LogP contribution in [0.4, 0.5) is 5.69 Å². The van der Waals surface area contributed by atoms with Gasteiger partial charge in [-0.15, -0.1) is 11.3 Å².